The lowest BCUT2D eigenvalue weighted by atomic mass is 9.73. The summed E-state index contributed by atoms with van der Waals surface area (Å²) in [5.74, 6) is -1.98. The molecule has 3 aliphatic heterocycles. The molecule has 2 N–H and O–H groups in total. The maximum Gasteiger partial charge on any atom is 0.255 e. The number of halogens is 2. The molecule has 5 fully saturated rings. The van der Waals surface area contributed by atoms with Crippen LogP contribution in [0.5, 0.6) is 0 Å². The summed E-state index contributed by atoms with van der Waals surface area (Å²) < 4.78 is 31.0. The summed E-state index contributed by atoms with van der Waals surface area (Å²) in [4.78, 5) is 56.0. The summed E-state index contributed by atoms with van der Waals surface area (Å²) in [5, 5.41) is 6.26. The van der Waals surface area contributed by atoms with Crippen LogP contribution < -0.4 is 15.5 Å². The van der Waals surface area contributed by atoms with Crippen molar-refractivity contribution in [3.63, 3.8) is 0 Å². The van der Waals surface area contributed by atoms with Gasteiger partial charge in [0.25, 0.3) is 11.8 Å². The zero-order valence-electron chi connectivity index (χ0n) is 32.2. The average molecular weight is 763 g/mol. The van der Waals surface area contributed by atoms with Crippen LogP contribution in [0, 0.1) is 12.3 Å². The highest BCUT2D eigenvalue weighted by Gasteiger charge is 2.71. The molecule has 6 aliphatic rings. The number of carbonyl (C=O) groups is 3. The maximum absolute atomic E-state index is 14.8. The largest absolute Gasteiger partial charge is 0.355 e. The maximum atomic E-state index is 14.8. The van der Waals surface area contributed by atoms with Gasteiger partial charge in [0, 0.05) is 80.7 Å². The molecule has 2 spiro atoms. The van der Waals surface area contributed by atoms with E-state index >= 15 is 0 Å². The van der Waals surface area contributed by atoms with Crippen molar-refractivity contribution in [2.24, 2.45) is 5.41 Å². The minimum atomic E-state index is -2.56. The Morgan fingerprint density at radius 2 is 1.71 bits per heavy atom. The summed E-state index contributed by atoms with van der Waals surface area (Å²) in [6.07, 6.45) is 8.01. The van der Waals surface area contributed by atoms with E-state index in [1.807, 2.05) is 53.4 Å². The first-order valence-electron chi connectivity index (χ1n) is 20.2. The normalized spacial score (nSPS) is 26.4. The molecule has 5 heterocycles. The van der Waals surface area contributed by atoms with Crippen molar-refractivity contribution in [2.45, 2.75) is 101 Å². The summed E-state index contributed by atoms with van der Waals surface area (Å²) in [7, 11) is 1.62. The number of carbonyl (C=O) groups excluding carboxylic acids is 3. The van der Waals surface area contributed by atoms with Crippen molar-refractivity contribution in [2.75, 3.05) is 43.4 Å². The molecule has 3 saturated carbocycles. The number of alkyl halides is 2. The van der Waals surface area contributed by atoms with Crippen LogP contribution in [0.15, 0.2) is 48.8 Å². The highest BCUT2D eigenvalue weighted by molar-refractivity contribution is 6.09. The minimum Gasteiger partial charge on any atom is -0.355 e. The van der Waals surface area contributed by atoms with E-state index in [2.05, 4.69) is 32.2 Å². The Morgan fingerprint density at radius 1 is 0.946 bits per heavy atom. The molecule has 0 radical (unpaired) electrons. The van der Waals surface area contributed by atoms with E-state index in [0.717, 1.165) is 77.7 Å². The SMILES string of the molecule is CNC(=O)c1cc(Nc2nc(-c3ccc4c(c3)N(C3CC(N5CCCC6(C5)CC6(F)F)C3)C(=O)C43CCN(C(C)=O)CC3)cc3ncn(C4CC4)c23)ccc1C. The lowest BCUT2D eigenvalue weighted by Crippen LogP contribution is -2.59. The second kappa shape index (κ2) is 12.5. The van der Waals surface area contributed by atoms with E-state index < -0.39 is 16.8 Å². The van der Waals surface area contributed by atoms with Gasteiger partial charge in [-0.05, 0) is 100 Å². The van der Waals surface area contributed by atoms with Crippen molar-refractivity contribution in [3.05, 3.63) is 65.5 Å². The Kier molecular flexibility index (Phi) is 7.95. The zero-order valence-corrected chi connectivity index (χ0v) is 32.2. The molecular weight excluding hydrogens is 715 g/mol. The molecule has 292 valence electrons. The number of imidazole rings is 1. The predicted molar refractivity (Wildman–Crippen MR) is 209 cm³/mol. The van der Waals surface area contributed by atoms with Crippen LogP contribution in [0.25, 0.3) is 22.3 Å². The van der Waals surface area contributed by atoms with Crippen molar-refractivity contribution in [1.29, 1.82) is 0 Å². The first-order chi connectivity index (χ1) is 26.9. The quantitative estimate of drug-likeness (QED) is 0.215. The third-order valence-corrected chi connectivity index (χ3v) is 14.0. The van der Waals surface area contributed by atoms with E-state index in [-0.39, 0.29) is 36.2 Å². The topological polar surface area (TPSA) is 116 Å². The van der Waals surface area contributed by atoms with Gasteiger partial charge >= 0.3 is 0 Å². The fraction of sp³-hybridized carbons (Fsp3) is 0.512. The fourth-order valence-corrected chi connectivity index (χ4v) is 10.3. The van der Waals surface area contributed by atoms with E-state index in [1.165, 1.54) is 0 Å². The van der Waals surface area contributed by atoms with Gasteiger partial charge < -0.3 is 25.0 Å². The Morgan fingerprint density at radius 3 is 2.41 bits per heavy atom. The van der Waals surface area contributed by atoms with Gasteiger partial charge in [-0.2, -0.15) is 0 Å². The third-order valence-electron chi connectivity index (χ3n) is 14.0. The molecule has 3 amide bonds. The lowest BCUT2D eigenvalue weighted by molar-refractivity contribution is -0.134. The van der Waals surface area contributed by atoms with Crippen LogP contribution in [0.2, 0.25) is 0 Å². The summed E-state index contributed by atoms with van der Waals surface area (Å²) >= 11 is 0. The summed E-state index contributed by atoms with van der Waals surface area (Å²) in [5.41, 5.74) is 5.72. The molecule has 1 atom stereocenters. The van der Waals surface area contributed by atoms with Gasteiger partial charge in [-0.1, -0.05) is 18.2 Å². The number of anilines is 3. The van der Waals surface area contributed by atoms with E-state index in [4.69, 9.17) is 9.97 Å². The second-order valence-electron chi connectivity index (χ2n) is 17.4. The van der Waals surface area contributed by atoms with E-state index in [9.17, 15) is 23.2 Å². The number of hydrogen-bond acceptors (Lipinski definition) is 7. The number of rotatable bonds is 7. The van der Waals surface area contributed by atoms with Crippen LogP contribution >= 0.6 is 0 Å². The molecule has 1 unspecified atom stereocenters. The second-order valence-corrected chi connectivity index (χ2v) is 17.4. The summed E-state index contributed by atoms with van der Waals surface area (Å²) in [6.45, 7) is 5.79. The first-order valence-corrected chi connectivity index (χ1v) is 20.2. The number of aromatic nitrogens is 3. The van der Waals surface area contributed by atoms with Crippen LogP contribution in [0.1, 0.15) is 92.2 Å². The molecule has 2 aromatic heterocycles. The van der Waals surface area contributed by atoms with Gasteiger partial charge in [-0.25, -0.2) is 18.7 Å². The molecule has 56 heavy (non-hydrogen) atoms. The van der Waals surface area contributed by atoms with Crippen molar-refractivity contribution in [1.82, 2.24) is 29.7 Å². The van der Waals surface area contributed by atoms with Crippen molar-refractivity contribution < 1.29 is 23.2 Å². The number of benzene rings is 2. The van der Waals surface area contributed by atoms with Crippen LogP contribution in [0.4, 0.5) is 26.0 Å². The molecule has 4 aromatic rings. The first kappa shape index (κ1) is 35.5. The van der Waals surface area contributed by atoms with Gasteiger partial charge in [-0.15, -0.1) is 0 Å². The average Bonchev–Trinajstić information content (AvgIpc) is 4.03. The number of piperidine rings is 2. The highest BCUT2D eigenvalue weighted by atomic mass is 19.3. The monoisotopic (exact) mass is 762 g/mol. The number of pyridine rings is 1. The third kappa shape index (κ3) is 5.47. The Balaban J connectivity index is 1.01. The standard InChI is InChI=1S/C43H48F2N8O3/c1-25-5-7-28(18-32(25)39(55)46-3)48-38-37-35(47-24-52(37)29-8-9-29)21-34(49-38)27-6-10-33-36(17-27)53(40(56)42(33)12-15-50(16-13-42)26(2)54)31-19-30(20-31)51-14-4-11-41(23-51)22-43(41,44)45/h5-7,10,17-18,21,24,29-31H,4,8-9,11-16,19-20,22-23H2,1-3H3,(H,46,55)(H,48,49). The number of nitrogens with zero attached hydrogens (tertiary/aromatic N) is 6. The summed E-state index contributed by atoms with van der Waals surface area (Å²) in [6, 6.07) is 14.4. The van der Waals surface area contributed by atoms with Crippen molar-refractivity contribution in [3.8, 4) is 11.3 Å². The van der Waals surface area contributed by atoms with Gasteiger partial charge in [0.05, 0.1) is 28.4 Å². The van der Waals surface area contributed by atoms with Gasteiger partial charge in [0.15, 0.2) is 5.82 Å². The molecule has 2 saturated heterocycles. The van der Waals surface area contributed by atoms with Crippen LogP contribution in [-0.2, 0) is 15.0 Å². The molecule has 13 heteroatoms. The van der Waals surface area contributed by atoms with E-state index in [0.29, 0.717) is 62.0 Å². The molecule has 11 nitrogen and oxygen atoms in total. The number of nitrogens with one attached hydrogen (secondary N) is 2. The van der Waals surface area contributed by atoms with E-state index in [1.54, 1.807) is 14.0 Å². The molecule has 0 bridgehead atoms. The predicted octanol–water partition coefficient (Wildman–Crippen LogP) is 6.72. The molecule has 10 rings (SSSR count). The van der Waals surface area contributed by atoms with Gasteiger partial charge in [-0.3, -0.25) is 19.3 Å². The number of amides is 3. The van der Waals surface area contributed by atoms with Crippen molar-refractivity contribution >= 4 is 45.9 Å². The molecule has 3 aliphatic carbocycles. The van der Waals surface area contributed by atoms with Crippen LogP contribution in [-0.4, -0.2) is 93.3 Å². The zero-order chi connectivity index (χ0) is 38.7. The smallest absolute Gasteiger partial charge is 0.255 e. The van der Waals surface area contributed by atoms with Crippen LogP contribution in [0.3, 0.4) is 0 Å². The van der Waals surface area contributed by atoms with Gasteiger partial charge in [0.2, 0.25) is 11.8 Å². The Bertz CT molecular complexity index is 2310. The number of aryl methyl sites for hydroxylation is 1. The molecule has 2 aromatic carbocycles. The Hall–Kier alpha value is -4.91. The number of fused-ring (bicyclic) bond motifs is 3. The van der Waals surface area contributed by atoms with Gasteiger partial charge in [0.1, 0.15) is 5.52 Å². The Labute approximate surface area is 324 Å². The number of hydrogen-bond donors (Lipinski definition) is 2. The lowest BCUT2D eigenvalue weighted by Gasteiger charge is -2.49. The minimum absolute atomic E-state index is 0.00678. The molecular formula is C43H48F2N8O3. The number of likely N-dealkylation sites (tertiary alicyclic amines) is 2. The fourth-order valence-electron chi connectivity index (χ4n) is 10.3. The highest BCUT2D eigenvalue weighted by Crippen LogP contribution is 2.65.